The van der Waals surface area contributed by atoms with E-state index in [1.807, 2.05) is 18.2 Å². The molecule has 2 N–H and O–H groups in total. The first kappa shape index (κ1) is 23.5. The van der Waals surface area contributed by atoms with Crippen LogP contribution in [0.1, 0.15) is 62.2 Å². The van der Waals surface area contributed by atoms with Gasteiger partial charge in [0, 0.05) is 17.5 Å². The van der Waals surface area contributed by atoms with Gasteiger partial charge in [-0.05, 0) is 54.0 Å². The molecule has 2 heterocycles. The van der Waals surface area contributed by atoms with E-state index in [1.165, 1.54) is 5.56 Å². The Bertz CT molecular complexity index is 1250. The summed E-state index contributed by atoms with van der Waals surface area (Å²) in [7, 11) is 0. The number of aryl methyl sites for hydroxylation is 3. The summed E-state index contributed by atoms with van der Waals surface area (Å²) < 4.78 is 0. The van der Waals surface area contributed by atoms with Crippen molar-refractivity contribution in [1.82, 2.24) is 30.6 Å². The van der Waals surface area contributed by atoms with Crippen molar-refractivity contribution in [2.45, 2.75) is 65.2 Å². The predicted molar refractivity (Wildman–Crippen MR) is 135 cm³/mol. The van der Waals surface area contributed by atoms with Gasteiger partial charge in [0.25, 0.3) is 5.56 Å². The van der Waals surface area contributed by atoms with Crippen LogP contribution in [0.2, 0.25) is 0 Å². The number of unbranched alkanes of at least 4 members (excludes halogenated alkanes) is 2. The summed E-state index contributed by atoms with van der Waals surface area (Å²) in [5.41, 5.74) is 6.11. The molecule has 4 rings (SSSR count). The molecule has 0 radical (unpaired) electrons. The number of hydrogen-bond acceptors (Lipinski definition) is 5. The molecule has 176 valence electrons. The van der Waals surface area contributed by atoms with Gasteiger partial charge in [-0.2, -0.15) is 5.21 Å². The van der Waals surface area contributed by atoms with Gasteiger partial charge in [-0.25, -0.2) is 4.98 Å². The van der Waals surface area contributed by atoms with E-state index in [1.54, 1.807) is 0 Å². The van der Waals surface area contributed by atoms with E-state index < -0.39 is 0 Å². The van der Waals surface area contributed by atoms with Crippen LogP contribution in [0.3, 0.4) is 0 Å². The third kappa shape index (κ3) is 5.65. The molecular formula is C27H32N6O. The molecule has 34 heavy (non-hydrogen) atoms. The number of tetrazole rings is 1. The Labute approximate surface area is 200 Å². The maximum absolute atomic E-state index is 12.9. The van der Waals surface area contributed by atoms with Crippen molar-refractivity contribution in [3.63, 3.8) is 0 Å². The van der Waals surface area contributed by atoms with Crippen molar-refractivity contribution in [2.75, 3.05) is 0 Å². The maximum Gasteiger partial charge on any atom is 0.254 e. The Morgan fingerprint density at radius 3 is 2.26 bits per heavy atom. The Morgan fingerprint density at radius 1 is 0.824 bits per heavy atom. The highest BCUT2D eigenvalue weighted by Gasteiger charge is 2.13. The smallest absolute Gasteiger partial charge is 0.254 e. The monoisotopic (exact) mass is 456 g/mol. The SMILES string of the molecule is CCCCc1nc(CCCC)c(CCc2ccc(-c3ccccc3-c3nn[nH]n3)cc2)c(=O)[nH]1. The van der Waals surface area contributed by atoms with Crippen molar-refractivity contribution in [2.24, 2.45) is 0 Å². The van der Waals surface area contributed by atoms with Gasteiger partial charge < -0.3 is 4.98 Å². The standard InChI is InChI=1S/C27H32N6O/c1-3-5-11-24-23(27(34)29-25(28-24)12-6-4-2)18-15-19-13-16-20(17-14-19)21-9-7-8-10-22(21)26-30-32-33-31-26/h7-10,13-14,16-17H,3-6,11-12,15,18H2,1-2H3,(H,28,29,34)(H,30,31,32,33). The van der Waals surface area contributed by atoms with Crippen LogP contribution in [-0.4, -0.2) is 30.6 Å². The highest BCUT2D eigenvalue weighted by molar-refractivity contribution is 5.80. The van der Waals surface area contributed by atoms with Crippen LogP contribution < -0.4 is 5.56 Å². The van der Waals surface area contributed by atoms with E-state index in [-0.39, 0.29) is 5.56 Å². The van der Waals surface area contributed by atoms with Crippen LogP contribution in [0.5, 0.6) is 0 Å². The number of aromatic nitrogens is 6. The largest absolute Gasteiger partial charge is 0.310 e. The minimum atomic E-state index is 0.0258. The normalized spacial score (nSPS) is 11.1. The van der Waals surface area contributed by atoms with Crippen LogP contribution in [0.4, 0.5) is 0 Å². The molecule has 0 fully saturated rings. The zero-order valence-corrected chi connectivity index (χ0v) is 20.0. The number of H-pyrrole nitrogens is 2. The number of aromatic amines is 2. The van der Waals surface area contributed by atoms with E-state index >= 15 is 0 Å². The van der Waals surface area contributed by atoms with Gasteiger partial charge >= 0.3 is 0 Å². The van der Waals surface area contributed by atoms with Crippen molar-refractivity contribution in [3.8, 4) is 22.5 Å². The lowest BCUT2D eigenvalue weighted by molar-refractivity contribution is 0.704. The summed E-state index contributed by atoms with van der Waals surface area (Å²) >= 11 is 0. The van der Waals surface area contributed by atoms with Gasteiger partial charge in [-0.3, -0.25) is 4.79 Å². The van der Waals surface area contributed by atoms with Gasteiger partial charge in [-0.15, -0.1) is 10.2 Å². The Balaban J connectivity index is 1.52. The highest BCUT2D eigenvalue weighted by atomic mass is 16.1. The number of hydrogen-bond donors (Lipinski definition) is 2. The second-order valence-electron chi connectivity index (χ2n) is 8.62. The summed E-state index contributed by atoms with van der Waals surface area (Å²) in [4.78, 5) is 20.7. The van der Waals surface area contributed by atoms with Crippen molar-refractivity contribution in [3.05, 3.63) is 81.5 Å². The van der Waals surface area contributed by atoms with E-state index in [2.05, 4.69) is 69.8 Å². The number of rotatable bonds is 11. The molecule has 0 atom stereocenters. The summed E-state index contributed by atoms with van der Waals surface area (Å²) in [6, 6.07) is 16.5. The van der Waals surface area contributed by atoms with Crippen LogP contribution in [0, 0.1) is 0 Å². The maximum atomic E-state index is 12.9. The Morgan fingerprint density at radius 2 is 1.56 bits per heavy atom. The fourth-order valence-corrected chi connectivity index (χ4v) is 4.19. The van der Waals surface area contributed by atoms with Crippen molar-refractivity contribution in [1.29, 1.82) is 0 Å². The molecule has 0 saturated heterocycles. The van der Waals surface area contributed by atoms with E-state index in [0.29, 0.717) is 12.2 Å². The summed E-state index contributed by atoms with van der Waals surface area (Å²) in [6.07, 6.45) is 7.44. The van der Waals surface area contributed by atoms with Crippen LogP contribution in [-0.2, 0) is 25.7 Å². The summed E-state index contributed by atoms with van der Waals surface area (Å²) in [5.74, 6) is 1.40. The molecule has 0 spiro atoms. The minimum absolute atomic E-state index is 0.0258. The topological polar surface area (TPSA) is 100 Å². The van der Waals surface area contributed by atoms with Crippen LogP contribution in [0.25, 0.3) is 22.5 Å². The average Bonchev–Trinajstić information content (AvgIpc) is 3.41. The lowest BCUT2D eigenvalue weighted by Crippen LogP contribution is -2.21. The van der Waals surface area contributed by atoms with Gasteiger partial charge in [0.05, 0.1) is 5.69 Å². The van der Waals surface area contributed by atoms with Gasteiger partial charge in [0.15, 0.2) is 0 Å². The third-order valence-corrected chi connectivity index (χ3v) is 6.13. The van der Waals surface area contributed by atoms with E-state index in [4.69, 9.17) is 4.98 Å². The molecule has 0 bridgehead atoms. The molecular weight excluding hydrogens is 424 g/mol. The van der Waals surface area contributed by atoms with Gasteiger partial charge in [0.2, 0.25) is 5.82 Å². The van der Waals surface area contributed by atoms with Crippen LogP contribution >= 0.6 is 0 Å². The lowest BCUT2D eigenvalue weighted by atomic mass is 9.96. The van der Waals surface area contributed by atoms with Crippen molar-refractivity contribution < 1.29 is 0 Å². The first-order valence-corrected chi connectivity index (χ1v) is 12.2. The Kier molecular flexibility index (Phi) is 7.96. The zero-order chi connectivity index (χ0) is 23.8. The molecule has 7 nitrogen and oxygen atoms in total. The van der Waals surface area contributed by atoms with Gasteiger partial charge in [-0.1, -0.05) is 75.2 Å². The van der Waals surface area contributed by atoms with Crippen molar-refractivity contribution >= 4 is 0 Å². The quantitative estimate of drug-likeness (QED) is 0.327. The van der Waals surface area contributed by atoms with Crippen LogP contribution in [0.15, 0.2) is 53.3 Å². The minimum Gasteiger partial charge on any atom is -0.310 e. The lowest BCUT2D eigenvalue weighted by Gasteiger charge is -2.11. The second-order valence-corrected chi connectivity index (χ2v) is 8.62. The summed E-state index contributed by atoms with van der Waals surface area (Å²) in [5, 5.41) is 14.5. The number of nitrogens with zero attached hydrogens (tertiary/aromatic N) is 4. The molecule has 4 aromatic rings. The molecule has 0 aliphatic heterocycles. The fraction of sp³-hybridized carbons (Fsp3) is 0.370. The Hall–Kier alpha value is -3.61. The molecule has 0 aliphatic carbocycles. The first-order valence-electron chi connectivity index (χ1n) is 12.2. The predicted octanol–water partition coefficient (Wildman–Crippen LogP) is 5.09. The van der Waals surface area contributed by atoms with Gasteiger partial charge in [0.1, 0.15) is 5.82 Å². The summed E-state index contributed by atoms with van der Waals surface area (Å²) in [6.45, 7) is 4.32. The molecule has 0 unspecified atom stereocenters. The fourth-order valence-electron chi connectivity index (χ4n) is 4.19. The van der Waals surface area contributed by atoms with E-state index in [9.17, 15) is 4.79 Å². The second kappa shape index (κ2) is 11.5. The number of benzene rings is 2. The molecule has 7 heteroatoms. The molecule has 0 aliphatic rings. The zero-order valence-electron chi connectivity index (χ0n) is 20.0. The average molecular weight is 457 g/mol. The van der Waals surface area contributed by atoms with E-state index in [0.717, 1.165) is 78.7 Å². The number of nitrogens with one attached hydrogen (secondary N) is 2. The third-order valence-electron chi connectivity index (χ3n) is 6.13. The molecule has 0 amide bonds. The molecule has 2 aromatic carbocycles. The first-order chi connectivity index (χ1) is 16.7. The molecule has 0 saturated carbocycles. The highest BCUT2D eigenvalue weighted by Crippen LogP contribution is 2.29. The molecule has 2 aromatic heterocycles.